The lowest BCUT2D eigenvalue weighted by Crippen LogP contribution is -2.09. The summed E-state index contributed by atoms with van der Waals surface area (Å²) in [7, 11) is 0. The Balaban J connectivity index is 2.59. The molecule has 0 spiro atoms. The fourth-order valence-corrected chi connectivity index (χ4v) is 2.03. The normalized spacial score (nSPS) is 11.9. The molecule has 2 aromatic heterocycles. The number of aryl methyl sites for hydroxylation is 1. The summed E-state index contributed by atoms with van der Waals surface area (Å²) in [5.74, 6) is -0.301. The maximum Gasteiger partial charge on any atom is 0.435 e. The molecule has 4 nitrogen and oxygen atoms in total. The van der Waals surface area contributed by atoms with Gasteiger partial charge in [0, 0.05) is 5.56 Å². The van der Waals surface area contributed by atoms with Crippen LogP contribution in [0.5, 0.6) is 0 Å². The van der Waals surface area contributed by atoms with Crippen LogP contribution < -0.4 is 0 Å². The van der Waals surface area contributed by atoms with Gasteiger partial charge in [-0.15, -0.1) is 16.7 Å². The van der Waals surface area contributed by atoms with Crippen LogP contribution in [0, 0.1) is 6.92 Å². The molecule has 2 aromatic rings. The largest absolute Gasteiger partial charge is 0.435 e. The maximum absolute atomic E-state index is 12.8. The predicted octanol–water partition coefficient (Wildman–Crippen LogP) is 3.38. The summed E-state index contributed by atoms with van der Waals surface area (Å²) in [5.41, 5.74) is -0.770. The average molecular weight is 311 g/mol. The molecule has 0 unspecified atom stereocenters. The molecule has 0 atom stereocenters. The molecule has 2 heterocycles. The second kappa shape index (κ2) is 4.97. The Hall–Kier alpha value is -1.34. The van der Waals surface area contributed by atoms with E-state index in [0.29, 0.717) is 5.69 Å². The quantitative estimate of drug-likeness (QED) is 0.799. The van der Waals surface area contributed by atoms with Gasteiger partial charge >= 0.3 is 6.18 Å². The minimum Gasteiger partial charge on any atom is -0.201 e. The second-order valence-corrected chi connectivity index (χ2v) is 4.32. The topological polar surface area (TPSA) is 43.6 Å². The van der Waals surface area contributed by atoms with Crippen LogP contribution in [0.4, 0.5) is 13.2 Å². The summed E-state index contributed by atoms with van der Waals surface area (Å²) >= 11 is 11.4. The van der Waals surface area contributed by atoms with E-state index in [9.17, 15) is 13.2 Å². The first-order valence-electron chi connectivity index (χ1n) is 5.06. The number of nitrogens with zero attached hydrogens (tertiary/aromatic N) is 4. The van der Waals surface area contributed by atoms with Gasteiger partial charge in [0.25, 0.3) is 0 Å². The standard InChI is InChI=1S/C10H7Cl2F3N4/c1-5-2-3-7(17-16-5)19-9(12)6(4-11)8(18-19)10(13,14)15/h2-3H,4H2,1H3. The van der Waals surface area contributed by atoms with Crippen molar-refractivity contribution in [2.75, 3.05) is 0 Å². The van der Waals surface area contributed by atoms with Gasteiger partial charge in [-0.05, 0) is 19.1 Å². The molecule has 0 saturated carbocycles. The highest BCUT2D eigenvalue weighted by Gasteiger charge is 2.39. The van der Waals surface area contributed by atoms with Gasteiger partial charge in [0.05, 0.1) is 11.6 Å². The van der Waals surface area contributed by atoms with Gasteiger partial charge in [0.2, 0.25) is 0 Å². The fourth-order valence-electron chi connectivity index (χ4n) is 1.43. The minimum atomic E-state index is -4.63. The Bertz CT molecular complexity index is 592. The van der Waals surface area contributed by atoms with Crippen LogP contribution in [0.3, 0.4) is 0 Å². The highest BCUT2D eigenvalue weighted by Crippen LogP contribution is 2.36. The Kier molecular flexibility index (Phi) is 3.69. The van der Waals surface area contributed by atoms with Crippen LogP contribution in [-0.2, 0) is 12.1 Å². The van der Waals surface area contributed by atoms with Crippen molar-refractivity contribution in [2.24, 2.45) is 0 Å². The monoisotopic (exact) mass is 310 g/mol. The van der Waals surface area contributed by atoms with Gasteiger partial charge < -0.3 is 0 Å². The Labute approximate surface area is 116 Å². The molecule has 0 aliphatic carbocycles. The Morgan fingerprint density at radius 3 is 2.37 bits per heavy atom. The summed E-state index contributed by atoms with van der Waals surface area (Å²) in [4.78, 5) is 0. The lowest BCUT2D eigenvalue weighted by Gasteiger charge is -2.03. The molecule has 0 radical (unpaired) electrons. The van der Waals surface area contributed by atoms with E-state index in [4.69, 9.17) is 23.2 Å². The maximum atomic E-state index is 12.8. The van der Waals surface area contributed by atoms with Crippen LogP contribution in [0.15, 0.2) is 12.1 Å². The molecule has 0 amide bonds. The summed E-state index contributed by atoms with van der Waals surface area (Å²) in [5, 5.41) is 10.7. The first-order chi connectivity index (χ1) is 8.84. The zero-order valence-corrected chi connectivity index (χ0v) is 11.1. The second-order valence-electron chi connectivity index (χ2n) is 3.69. The number of alkyl halides is 4. The van der Waals surface area contributed by atoms with E-state index < -0.39 is 17.8 Å². The molecule has 0 aromatic carbocycles. The van der Waals surface area contributed by atoms with E-state index >= 15 is 0 Å². The first kappa shape index (κ1) is 14.1. The van der Waals surface area contributed by atoms with Crippen molar-refractivity contribution in [2.45, 2.75) is 19.0 Å². The highest BCUT2D eigenvalue weighted by atomic mass is 35.5. The van der Waals surface area contributed by atoms with E-state index in [1.807, 2.05) is 0 Å². The zero-order valence-electron chi connectivity index (χ0n) is 9.54. The van der Waals surface area contributed by atoms with Gasteiger partial charge in [-0.3, -0.25) is 0 Å². The third kappa shape index (κ3) is 2.66. The Morgan fingerprint density at radius 1 is 1.26 bits per heavy atom. The molecule has 2 rings (SSSR count). The number of hydrogen-bond donors (Lipinski definition) is 0. The van der Waals surface area contributed by atoms with E-state index in [1.54, 1.807) is 13.0 Å². The molecule has 0 aliphatic heterocycles. The van der Waals surface area contributed by atoms with E-state index in [0.717, 1.165) is 4.68 Å². The smallest absolute Gasteiger partial charge is 0.201 e. The van der Waals surface area contributed by atoms with Gasteiger partial charge in [0.1, 0.15) is 5.15 Å². The van der Waals surface area contributed by atoms with E-state index in [-0.39, 0.29) is 16.5 Å². The van der Waals surface area contributed by atoms with Crippen molar-refractivity contribution in [3.05, 3.63) is 34.2 Å². The number of aromatic nitrogens is 4. The summed E-state index contributed by atoms with van der Waals surface area (Å²) in [6.07, 6.45) is -4.63. The molecule has 0 saturated heterocycles. The zero-order chi connectivity index (χ0) is 14.2. The van der Waals surface area contributed by atoms with Crippen LogP contribution >= 0.6 is 23.2 Å². The lowest BCUT2D eigenvalue weighted by molar-refractivity contribution is -0.141. The van der Waals surface area contributed by atoms with Crippen molar-refractivity contribution in [1.82, 2.24) is 20.0 Å². The molecular formula is C10H7Cl2F3N4. The molecule has 19 heavy (non-hydrogen) atoms. The SMILES string of the molecule is Cc1ccc(-n2nc(C(F)(F)F)c(CCl)c2Cl)nn1. The first-order valence-corrected chi connectivity index (χ1v) is 5.97. The third-order valence-corrected chi connectivity index (χ3v) is 2.98. The van der Waals surface area contributed by atoms with Gasteiger partial charge in [-0.1, -0.05) is 11.6 Å². The van der Waals surface area contributed by atoms with Crippen LogP contribution in [0.1, 0.15) is 17.0 Å². The minimum absolute atomic E-state index is 0.0949. The molecular weight excluding hydrogens is 304 g/mol. The van der Waals surface area contributed by atoms with E-state index in [1.165, 1.54) is 6.07 Å². The molecule has 102 valence electrons. The number of rotatable bonds is 2. The third-order valence-electron chi connectivity index (χ3n) is 2.32. The van der Waals surface area contributed by atoms with Crippen molar-refractivity contribution in [1.29, 1.82) is 0 Å². The average Bonchev–Trinajstić information content (AvgIpc) is 2.67. The van der Waals surface area contributed by atoms with Gasteiger partial charge in [-0.25, -0.2) is 4.68 Å². The molecule has 0 N–H and O–H groups in total. The summed E-state index contributed by atoms with van der Waals surface area (Å²) in [6.45, 7) is 1.70. The lowest BCUT2D eigenvalue weighted by atomic mass is 10.3. The van der Waals surface area contributed by atoms with Gasteiger partial charge in [0.15, 0.2) is 11.5 Å². The fraction of sp³-hybridized carbons (Fsp3) is 0.300. The highest BCUT2D eigenvalue weighted by molar-refractivity contribution is 6.31. The summed E-state index contributed by atoms with van der Waals surface area (Å²) < 4.78 is 39.2. The van der Waals surface area contributed by atoms with Crippen molar-refractivity contribution in [3.8, 4) is 5.82 Å². The molecule has 0 aliphatic rings. The van der Waals surface area contributed by atoms with Crippen LogP contribution in [-0.4, -0.2) is 20.0 Å². The van der Waals surface area contributed by atoms with Crippen LogP contribution in [0.25, 0.3) is 5.82 Å². The molecule has 0 bridgehead atoms. The van der Waals surface area contributed by atoms with Crippen molar-refractivity contribution < 1.29 is 13.2 Å². The van der Waals surface area contributed by atoms with Gasteiger partial charge in [-0.2, -0.15) is 23.4 Å². The van der Waals surface area contributed by atoms with E-state index in [2.05, 4.69) is 15.3 Å². The number of halogens is 5. The van der Waals surface area contributed by atoms with Crippen molar-refractivity contribution in [3.63, 3.8) is 0 Å². The van der Waals surface area contributed by atoms with Crippen LogP contribution in [0.2, 0.25) is 5.15 Å². The predicted molar refractivity (Wildman–Crippen MR) is 63.5 cm³/mol. The molecule has 9 heteroatoms. The number of hydrogen-bond acceptors (Lipinski definition) is 3. The Morgan fingerprint density at radius 2 is 1.95 bits per heavy atom. The summed E-state index contributed by atoms with van der Waals surface area (Å²) in [6, 6.07) is 3.06. The molecule has 0 fully saturated rings. The van der Waals surface area contributed by atoms with Crippen molar-refractivity contribution >= 4 is 23.2 Å².